The summed E-state index contributed by atoms with van der Waals surface area (Å²) in [6, 6.07) is 28.5. The third kappa shape index (κ3) is 5.07. The molecule has 0 radical (unpaired) electrons. The monoisotopic (exact) mass is 469 g/mol. The topological polar surface area (TPSA) is 28.8 Å². The molecule has 1 aromatic heterocycles. The van der Waals surface area contributed by atoms with Gasteiger partial charge in [-0.1, -0.05) is 64.5 Å². The van der Waals surface area contributed by atoms with Crippen molar-refractivity contribution in [1.29, 1.82) is 0 Å². The Bertz CT molecular complexity index is 1070. The molecule has 4 rings (SSSR count). The van der Waals surface area contributed by atoms with Crippen LogP contribution in [0.1, 0.15) is 10.6 Å². The molecule has 0 bridgehead atoms. The van der Waals surface area contributed by atoms with E-state index < -0.39 is 0 Å². The third-order valence-corrected chi connectivity index (χ3v) is 5.28. The van der Waals surface area contributed by atoms with Gasteiger partial charge in [0.05, 0.1) is 0 Å². The maximum absolute atomic E-state index is 4.77. The van der Waals surface area contributed by atoms with Crippen molar-refractivity contribution in [3.63, 3.8) is 0 Å². The molecule has 140 valence electrons. The summed E-state index contributed by atoms with van der Waals surface area (Å²) in [5, 5.41) is 10.0. The molecule has 4 aromatic rings. The van der Waals surface area contributed by atoms with E-state index in [1.54, 1.807) is 11.3 Å². The number of anilines is 2. The van der Waals surface area contributed by atoms with E-state index in [2.05, 4.69) is 57.7 Å². The molecule has 0 atom stereocenters. The number of benzene rings is 3. The molecule has 0 aliphatic rings. The standard InChI is InChI=1S/C22H17BrN3S.ClH/c23-18-9-7-8-17(16-18)14-15-21-26(20-12-5-2-6-13-20)25-22(27-21)24-19-10-3-1-4-11-19;/h1-16H,(H,24,25);1H/q+1;/p-1/b15-14+;. The van der Waals surface area contributed by atoms with E-state index in [1.165, 1.54) is 0 Å². The van der Waals surface area contributed by atoms with Crippen LogP contribution in [0.5, 0.6) is 0 Å². The minimum absolute atomic E-state index is 0. The lowest BCUT2D eigenvalue weighted by Gasteiger charge is -1.97. The summed E-state index contributed by atoms with van der Waals surface area (Å²) in [5.74, 6) is 0. The van der Waals surface area contributed by atoms with Gasteiger partial charge < -0.3 is 17.7 Å². The molecule has 0 aliphatic carbocycles. The van der Waals surface area contributed by atoms with E-state index in [9.17, 15) is 0 Å². The van der Waals surface area contributed by atoms with E-state index in [0.29, 0.717) is 0 Å². The molecule has 6 heteroatoms. The first-order valence-corrected chi connectivity index (χ1v) is 10.1. The van der Waals surface area contributed by atoms with Crippen LogP contribution in [-0.2, 0) is 0 Å². The average Bonchev–Trinajstić information content (AvgIpc) is 3.10. The Labute approximate surface area is 182 Å². The zero-order chi connectivity index (χ0) is 18.5. The highest BCUT2D eigenvalue weighted by Gasteiger charge is 2.20. The van der Waals surface area contributed by atoms with Gasteiger partial charge in [0.15, 0.2) is 0 Å². The van der Waals surface area contributed by atoms with Crippen LogP contribution in [0.2, 0.25) is 0 Å². The van der Waals surface area contributed by atoms with Crippen molar-refractivity contribution >= 4 is 50.2 Å². The molecule has 0 aliphatic heterocycles. The third-order valence-electron chi connectivity index (χ3n) is 3.89. The molecule has 0 spiro atoms. The lowest BCUT2D eigenvalue weighted by atomic mass is 10.2. The van der Waals surface area contributed by atoms with Gasteiger partial charge in [0.1, 0.15) is 0 Å². The van der Waals surface area contributed by atoms with Gasteiger partial charge in [-0.2, -0.15) is 0 Å². The van der Waals surface area contributed by atoms with Gasteiger partial charge in [0.25, 0.3) is 10.1 Å². The summed E-state index contributed by atoms with van der Waals surface area (Å²) in [7, 11) is 0. The number of aromatic nitrogens is 2. The van der Waals surface area contributed by atoms with Gasteiger partial charge in [-0.05, 0) is 51.9 Å². The highest BCUT2D eigenvalue weighted by Crippen LogP contribution is 2.23. The Morgan fingerprint density at radius 1 is 0.857 bits per heavy atom. The van der Waals surface area contributed by atoms with Crippen LogP contribution in [0.15, 0.2) is 89.4 Å². The van der Waals surface area contributed by atoms with Gasteiger partial charge in [-0.3, -0.25) is 0 Å². The van der Waals surface area contributed by atoms with Crippen LogP contribution in [-0.4, -0.2) is 5.10 Å². The average molecular weight is 471 g/mol. The van der Waals surface area contributed by atoms with Gasteiger partial charge >= 0.3 is 0 Å². The minimum Gasteiger partial charge on any atom is -1.00 e. The maximum atomic E-state index is 4.77. The van der Waals surface area contributed by atoms with E-state index in [0.717, 1.165) is 31.6 Å². The van der Waals surface area contributed by atoms with Gasteiger partial charge in [0.2, 0.25) is 5.69 Å². The fraction of sp³-hybridized carbons (Fsp3) is 0. The van der Waals surface area contributed by atoms with Crippen molar-refractivity contribution in [3.05, 3.63) is 100.0 Å². The van der Waals surface area contributed by atoms with Gasteiger partial charge in [0, 0.05) is 33.5 Å². The van der Waals surface area contributed by atoms with E-state index in [4.69, 9.17) is 5.10 Å². The number of rotatable bonds is 5. The molecule has 0 fully saturated rings. The van der Waals surface area contributed by atoms with Crippen molar-refractivity contribution in [2.45, 2.75) is 0 Å². The summed E-state index contributed by atoms with van der Waals surface area (Å²) >= 11 is 5.14. The van der Waals surface area contributed by atoms with Crippen molar-refractivity contribution in [1.82, 2.24) is 5.10 Å². The lowest BCUT2D eigenvalue weighted by Crippen LogP contribution is -3.00. The van der Waals surface area contributed by atoms with Crippen LogP contribution < -0.4 is 22.4 Å². The van der Waals surface area contributed by atoms with Crippen molar-refractivity contribution in [2.24, 2.45) is 0 Å². The molecule has 0 amide bonds. The molecule has 28 heavy (non-hydrogen) atoms. The van der Waals surface area contributed by atoms with E-state index in [1.807, 2.05) is 65.3 Å². The minimum atomic E-state index is 0. The molecule has 0 unspecified atom stereocenters. The maximum Gasteiger partial charge on any atom is 0.297 e. The number of nitrogens with zero attached hydrogens (tertiary/aromatic N) is 2. The normalized spacial score (nSPS) is 10.6. The largest absolute Gasteiger partial charge is 1.00 e. The first-order chi connectivity index (χ1) is 13.3. The Balaban J connectivity index is 0.00000225. The molecular formula is C22H17BrClN3S. The second-order valence-electron chi connectivity index (χ2n) is 5.87. The van der Waals surface area contributed by atoms with Crippen LogP contribution in [0.4, 0.5) is 10.8 Å². The van der Waals surface area contributed by atoms with Gasteiger partial charge in [-0.25, -0.2) is 0 Å². The summed E-state index contributed by atoms with van der Waals surface area (Å²) in [6.45, 7) is 0. The quantitative estimate of drug-likeness (QED) is 0.454. The first kappa shape index (κ1) is 20.3. The fourth-order valence-electron chi connectivity index (χ4n) is 2.63. The second kappa shape index (κ2) is 9.64. The highest BCUT2D eigenvalue weighted by atomic mass is 79.9. The van der Waals surface area contributed by atoms with E-state index in [-0.39, 0.29) is 12.4 Å². The Morgan fingerprint density at radius 2 is 1.57 bits per heavy atom. The number of nitrogens with one attached hydrogen (secondary N) is 1. The predicted molar refractivity (Wildman–Crippen MR) is 116 cm³/mol. The van der Waals surface area contributed by atoms with Crippen molar-refractivity contribution in [2.75, 3.05) is 5.32 Å². The molecule has 3 aromatic carbocycles. The smallest absolute Gasteiger partial charge is 0.297 e. The second-order valence-corrected chi connectivity index (χ2v) is 7.80. The predicted octanol–water partition coefficient (Wildman–Crippen LogP) is 3.10. The fourth-order valence-corrected chi connectivity index (χ4v) is 3.91. The zero-order valence-electron chi connectivity index (χ0n) is 14.8. The van der Waals surface area contributed by atoms with Crippen LogP contribution in [0.25, 0.3) is 17.8 Å². The summed E-state index contributed by atoms with van der Waals surface area (Å²) in [4.78, 5) is 0. The molecular weight excluding hydrogens is 454 g/mol. The Morgan fingerprint density at radius 3 is 2.29 bits per heavy atom. The molecule has 1 N–H and O–H groups in total. The Hall–Kier alpha value is -2.47. The number of hydrogen-bond donors (Lipinski definition) is 1. The molecule has 0 saturated carbocycles. The van der Waals surface area contributed by atoms with Crippen LogP contribution >= 0.6 is 27.3 Å². The van der Waals surface area contributed by atoms with E-state index >= 15 is 0 Å². The number of halogens is 2. The van der Waals surface area contributed by atoms with Crippen LogP contribution in [0, 0.1) is 0 Å². The molecule has 1 heterocycles. The highest BCUT2D eigenvalue weighted by molar-refractivity contribution is 9.10. The summed E-state index contributed by atoms with van der Waals surface area (Å²) in [5.41, 5.74) is 3.19. The van der Waals surface area contributed by atoms with Crippen molar-refractivity contribution in [3.8, 4) is 5.69 Å². The number of para-hydroxylation sites is 2. The summed E-state index contributed by atoms with van der Waals surface area (Å²) < 4.78 is 3.03. The van der Waals surface area contributed by atoms with Crippen LogP contribution in [0.3, 0.4) is 0 Å². The SMILES string of the molecule is Brc1cccc(/C=C/c2sc(Nc3ccccc3)n[n+]2-c2ccccc2)c1.[Cl-]. The Kier molecular flexibility index (Phi) is 6.98. The first-order valence-electron chi connectivity index (χ1n) is 8.52. The van der Waals surface area contributed by atoms with Gasteiger partial charge in [-0.15, -0.1) is 0 Å². The summed E-state index contributed by atoms with van der Waals surface area (Å²) in [6.07, 6.45) is 4.20. The molecule has 0 saturated heterocycles. The zero-order valence-corrected chi connectivity index (χ0v) is 18.0. The molecule has 3 nitrogen and oxygen atoms in total. The lowest BCUT2D eigenvalue weighted by molar-refractivity contribution is -0.654. The number of hydrogen-bond acceptors (Lipinski definition) is 3. The van der Waals surface area contributed by atoms with Crippen molar-refractivity contribution < 1.29 is 17.1 Å².